The van der Waals surface area contributed by atoms with Crippen molar-refractivity contribution in [2.24, 2.45) is 0 Å². The van der Waals surface area contributed by atoms with Gasteiger partial charge in [0.15, 0.2) is 11.5 Å². The number of ketones is 2. The third-order valence-corrected chi connectivity index (χ3v) is 8.39. The van der Waals surface area contributed by atoms with Gasteiger partial charge in [0.25, 0.3) is 0 Å². The van der Waals surface area contributed by atoms with Crippen molar-refractivity contribution in [1.82, 2.24) is 19.9 Å². The first-order valence-corrected chi connectivity index (χ1v) is 15.8. The molecule has 49 heavy (non-hydrogen) atoms. The summed E-state index contributed by atoms with van der Waals surface area (Å²) < 4.78 is 6.06. The molecule has 0 radical (unpaired) electrons. The van der Waals surface area contributed by atoms with E-state index in [4.69, 9.17) is 14.7 Å². The molecule has 4 aromatic heterocycles. The van der Waals surface area contributed by atoms with E-state index >= 15 is 0 Å². The van der Waals surface area contributed by atoms with Crippen LogP contribution in [0.3, 0.4) is 0 Å². The third kappa shape index (κ3) is 5.96. The summed E-state index contributed by atoms with van der Waals surface area (Å²) in [5.41, 5.74) is 7.60. The maximum Gasteiger partial charge on any atom is 2.00 e. The van der Waals surface area contributed by atoms with Crippen LogP contribution in [0.25, 0.3) is 22.8 Å². The molecule has 2 N–H and O–H groups in total. The Morgan fingerprint density at radius 3 is 1.73 bits per heavy atom. The number of allylic oxidation sites excluding steroid dienone is 3. The first-order valence-electron chi connectivity index (χ1n) is 15.8. The minimum Gasteiger partial charge on any atom is -0.657 e. The van der Waals surface area contributed by atoms with Crippen LogP contribution in [0.5, 0.6) is 0 Å². The standard InChI is InChI=1S/C41H32N4O3.Zn/c1-24(2)48-41-36(47)22-21-35(46)40(41)39-33-19-17-31(44-33)37(25-9-5-3-6-10-25)29-15-13-27(42-29)23-28-14-16-30(43-28)38(26-11-7-4-8-12-26)32-18-20-34(39)45-32;/h3-24H,1-2H3,(H4,42,43,44,45,46,47);/q;+2/p-2/b27-23-,28-23?,37-29-,37-31?,38-30?,38-32-,39-33?,39-34+;. The van der Waals surface area contributed by atoms with Gasteiger partial charge >= 0.3 is 19.5 Å². The summed E-state index contributed by atoms with van der Waals surface area (Å²) in [6, 6.07) is 36.0. The second-order valence-electron chi connectivity index (χ2n) is 12.0. The summed E-state index contributed by atoms with van der Waals surface area (Å²) in [6.07, 6.45) is 4.27. The maximum atomic E-state index is 13.8. The fraction of sp³-hybridized carbons (Fsp3) is 0.0732. The second kappa shape index (κ2) is 13.1. The normalized spacial score (nSPS) is 18.3. The zero-order valence-electron chi connectivity index (χ0n) is 27.0. The fourth-order valence-electron chi connectivity index (χ4n) is 6.35. The molecule has 2 aliphatic rings. The minimum absolute atomic E-state index is 0. The smallest absolute Gasteiger partial charge is 0.657 e. The molecule has 0 saturated heterocycles. The van der Waals surface area contributed by atoms with Crippen molar-refractivity contribution in [3.05, 3.63) is 188 Å². The van der Waals surface area contributed by atoms with Crippen LogP contribution in [0.2, 0.25) is 0 Å². The largest absolute Gasteiger partial charge is 2.00 e. The molecule has 0 spiro atoms. The van der Waals surface area contributed by atoms with Gasteiger partial charge < -0.3 is 24.7 Å². The summed E-state index contributed by atoms with van der Waals surface area (Å²) in [7, 11) is 0. The fourth-order valence-corrected chi connectivity index (χ4v) is 6.35. The molecule has 0 amide bonds. The predicted octanol–water partition coefficient (Wildman–Crippen LogP) is 3.48. The molecular weight excluding hydrogens is 662 g/mol. The Balaban J connectivity index is 0.00000378. The number of hydrogen-bond donors (Lipinski definition) is 2. The van der Waals surface area contributed by atoms with Gasteiger partial charge in [-0.15, -0.1) is 21.4 Å². The van der Waals surface area contributed by atoms with E-state index in [0.717, 1.165) is 50.1 Å². The number of carbonyl (C=O) groups is 2. The van der Waals surface area contributed by atoms with E-state index in [2.05, 4.69) is 9.97 Å². The van der Waals surface area contributed by atoms with Gasteiger partial charge in [-0.3, -0.25) is 9.59 Å². The number of carbonyl (C=O) groups excluding carboxylic acids is 2. The topological polar surface area (TPSA) is 103 Å². The van der Waals surface area contributed by atoms with Gasteiger partial charge in [-0.1, -0.05) is 91.0 Å². The van der Waals surface area contributed by atoms with E-state index < -0.39 is 0 Å². The Morgan fingerprint density at radius 1 is 0.551 bits per heavy atom. The number of ether oxygens (including phenoxy) is 1. The van der Waals surface area contributed by atoms with Crippen molar-refractivity contribution in [3.63, 3.8) is 0 Å². The zero-order chi connectivity index (χ0) is 32.8. The Labute approximate surface area is 294 Å². The van der Waals surface area contributed by atoms with Crippen LogP contribution in [-0.4, -0.2) is 27.6 Å². The molecular formula is C41H30N4O3Zn. The Morgan fingerprint density at radius 2 is 1.08 bits per heavy atom. The van der Waals surface area contributed by atoms with Gasteiger partial charge in [0.1, 0.15) is 0 Å². The number of aromatic nitrogens is 4. The third-order valence-electron chi connectivity index (χ3n) is 8.39. The number of hydrogen-bond acceptors (Lipinski definition) is 3. The van der Waals surface area contributed by atoms with Crippen LogP contribution in [0.4, 0.5) is 0 Å². The molecule has 5 heterocycles. The van der Waals surface area contributed by atoms with Gasteiger partial charge in [0.2, 0.25) is 5.78 Å². The van der Waals surface area contributed by atoms with E-state index in [-0.39, 0.29) is 48.5 Å². The zero-order valence-corrected chi connectivity index (χ0v) is 30.0. The molecule has 1 aliphatic carbocycles. The molecule has 1 aliphatic heterocycles. The van der Waals surface area contributed by atoms with Crippen LogP contribution in [0, 0.1) is 0 Å². The van der Waals surface area contributed by atoms with E-state index in [1.807, 2.05) is 129 Å². The number of benzene rings is 2. The summed E-state index contributed by atoms with van der Waals surface area (Å²) >= 11 is 0. The van der Waals surface area contributed by atoms with Crippen LogP contribution in [0.1, 0.15) is 47.8 Å². The van der Waals surface area contributed by atoms with Crippen molar-refractivity contribution in [1.29, 1.82) is 0 Å². The number of fused-ring (bicyclic) bond motifs is 8. The van der Waals surface area contributed by atoms with E-state index in [0.29, 0.717) is 22.0 Å². The summed E-state index contributed by atoms with van der Waals surface area (Å²) in [5, 5.41) is 2.85. The van der Waals surface area contributed by atoms with Crippen molar-refractivity contribution in [2.45, 2.75) is 20.0 Å². The molecule has 7 nitrogen and oxygen atoms in total. The average Bonchev–Trinajstić information content (AvgIpc) is 3.92. The average molecular weight is 692 g/mol. The molecule has 8 heteroatoms. The van der Waals surface area contributed by atoms with Crippen LogP contribution < -0.4 is 31.4 Å². The number of aromatic amines is 2. The quantitative estimate of drug-likeness (QED) is 0.213. The number of nitrogens with zero attached hydrogens (tertiary/aromatic N) is 2. The van der Waals surface area contributed by atoms with E-state index in [1.165, 1.54) is 12.2 Å². The van der Waals surface area contributed by atoms with E-state index in [1.54, 1.807) is 0 Å². The van der Waals surface area contributed by atoms with Gasteiger partial charge in [0.05, 0.1) is 11.7 Å². The van der Waals surface area contributed by atoms with E-state index in [9.17, 15) is 9.59 Å². The summed E-state index contributed by atoms with van der Waals surface area (Å²) in [6.45, 7) is 3.67. The minimum atomic E-state index is -0.367. The molecule has 8 bridgehead atoms. The SMILES string of the molecule is CC(C)OC1=C(/C2=c3\cc/c([n-]3)=C(\c3ccccc3)c3ccc([nH]3)/C=c3/cc/c([n-]3)=C(\c3ccccc3)c3ccc2[nH]3)C(=O)C=CC1=O.[Zn+2]. The second-order valence-corrected chi connectivity index (χ2v) is 12.0. The van der Waals surface area contributed by atoms with Crippen molar-refractivity contribution in [3.8, 4) is 0 Å². The van der Waals surface area contributed by atoms with Gasteiger partial charge in [-0.2, -0.15) is 0 Å². The van der Waals surface area contributed by atoms with Gasteiger partial charge in [-0.05, 0) is 78.1 Å². The van der Waals surface area contributed by atoms with Crippen LogP contribution >= 0.6 is 0 Å². The van der Waals surface area contributed by atoms with Crippen LogP contribution in [0.15, 0.2) is 133 Å². The van der Waals surface area contributed by atoms with Gasteiger partial charge in [0, 0.05) is 22.8 Å². The Hall–Kier alpha value is -5.72. The molecule has 0 unspecified atom stereocenters. The number of rotatable bonds is 5. The van der Waals surface area contributed by atoms with Crippen molar-refractivity contribution < 1.29 is 33.8 Å². The molecule has 8 rings (SSSR count). The monoisotopic (exact) mass is 690 g/mol. The summed E-state index contributed by atoms with van der Waals surface area (Å²) in [5.74, 6) is -0.691. The van der Waals surface area contributed by atoms with Crippen LogP contribution in [-0.2, 0) is 33.8 Å². The Kier molecular flexibility index (Phi) is 8.49. The Bertz CT molecular complexity index is 2540. The number of H-pyrrole nitrogens is 2. The predicted molar refractivity (Wildman–Crippen MR) is 184 cm³/mol. The summed E-state index contributed by atoms with van der Waals surface area (Å²) in [4.78, 5) is 44.5. The molecule has 2 aromatic carbocycles. The first kappa shape index (κ1) is 31.9. The molecule has 234 valence electrons. The first-order chi connectivity index (χ1) is 23.4. The van der Waals surface area contributed by atoms with Crippen molar-refractivity contribution >= 4 is 34.4 Å². The number of nitrogens with one attached hydrogen (secondary N) is 2. The molecule has 6 aromatic rings. The van der Waals surface area contributed by atoms with Gasteiger partial charge in [-0.25, -0.2) is 0 Å². The molecule has 0 saturated carbocycles. The molecule has 0 atom stereocenters. The maximum absolute atomic E-state index is 13.8. The van der Waals surface area contributed by atoms with Crippen molar-refractivity contribution in [2.75, 3.05) is 0 Å². The molecule has 0 fully saturated rings.